The van der Waals surface area contributed by atoms with Gasteiger partial charge in [-0.05, 0) is 37.9 Å². The van der Waals surface area contributed by atoms with Crippen molar-refractivity contribution in [2.45, 2.75) is 57.9 Å². The Morgan fingerprint density at radius 1 is 1.26 bits per heavy atom. The van der Waals surface area contributed by atoms with Crippen LogP contribution in [0.3, 0.4) is 0 Å². The van der Waals surface area contributed by atoms with Gasteiger partial charge in [0.05, 0.1) is 0 Å². The van der Waals surface area contributed by atoms with Crippen molar-refractivity contribution in [1.82, 2.24) is 5.32 Å². The van der Waals surface area contributed by atoms with E-state index >= 15 is 0 Å². The van der Waals surface area contributed by atoms with Gasteiger partial charge in [-0.2, -0.15) is 0 Å². The molecule has 0 aromatic heterocycles. The van der Waals surface area contributed by atoms with Crippen molar-refractivity contribution >= 4 is 11.8 Å². The summed E-state index contributed by atoms with van der Waals surface area (Å²) in [6.45, 7) is 10.1. The minimum absolute atomic E-state index is 0.636. The largest absolute Gasteiger partial charge is 0.313 e. The first-order chi connectivity index (χ1) is 9.15. The van der Waals surface area contributed by atoms with Crippen LogP contribution in [0.2, 0.25) is 0 Å². The van der Waals surface area contributed by atoms with Crippen molar-refractivity contribution < 1.29 is 0 Å². The van der Waals surface area contributed by atoms with E-state index in [1.165, 1.54) is 35.5 Å². The molecule has 0 saturated heterocycles. The zero-order chi connectivity index (χ0) is 14.1. The van der Waals surface area contributed by atoms with E-state index in [0.29, 0.717) is 6.04 Å². The molecule has 0 spiro atoms. The number of benzene rings is 1. The van der Waals surface area contributed by atoms with Crippen molar-refractivity contribution in [1.29, 1.82) is 0 Å². The second-order valence-electron chi connectivity index (χ2n) is 5.51. The molecule has 2 atom stereocenters. The maximum absolute atomic E-state index is 3.64. The summed E-state index contributed by atoms with van der Waals surface area (Å²) < 4.78 is 0. The van der Waals surface area contributed by atoms with Crippen molar-refractivity contribution in [3.63, 3.8) is 0 Å². The molecule has 0 aliphatic heterocycles. The molecule has 0 saturated carbocycles. The van der Waals surface area contributed by atoms with Crippen LogP contribution in [0.15, 0.2) is 29.2 Å². The molecule has 0 fully saturated rings. The normalized spacial score (nSPS) is 14.3. The first-order valence-corrected chi connectivity index (χ1v) is 8.57. The molecule has 0 bridgehead atoms. The molecule has 0 heterocycles. The van der Waals surface area contributed by atoms with Crippen LogP contribution in [0.25, 0.3) is 0 Å². The quantitative estimate of drug-likeness (QED) is 0.646. The Labute approximate surface area is 123 Å². The molecule has 0 aliphatic rings. The molecule has 1 aromatic carbocycles. The van der Waals surface area contributed by atoms with Crippen LogP contribution >= 0.6 is 11.8 Å². The third kappa shape index (κ3) is 7.03. The highest BCUT2D eigenvalue weighted by Gasteiger charge is 2.12. The van der Waals surface area contributed by atoms with Gasteiger partial charge >= 0.3 is 0 Å². The fraction of sp³-hybridized carbons (Fsp3) is 0.647. The molecule has 108 valence electrons. The Kier molecular flexibility index (Phi) is 8.24. The van der Waals surface area contributed by atoms with Gasteiger partial charge in [0.15, 0.2) is 0 Å². The average Bonchev–Trinajstić information content (AvgIpc) is 2.36. The number of aryl methyl sites for hydroxylation is 1. The van der Waals surface area contributed by atoms with Crippen LogP contribution in [0, 0.1) is 12.8 Å². The van der Waals surface area contributed by atoms with Gasteiger partial charge in [0, 0.05) is 16.7 Å². The maximum atomic E-state index is 3.64. The summed E-state index contributed by atoms with van der Waals surface area (Å²) in [6, 6.07) is 9.45. The predicted octanol–water partition coefficient (Wildman–Crippen LogP) is 4.89. The standard InChI is InChI=1S/C17H29NS/c1-5-8-14(3)11-16(18-6-2)13-19-17-10-7-9-15(4)12-17/h7,9-10,12,14,16,18H,5-6,8,11,13H2,1-4H3. The Balaban J connectivity index is 2.44. The van der Waals surface area contributed by atoms with Gasteiger partial charge in [-0.15, -0.1) is 11.8 Å². The third-order valence-electron chi connectivity index (χ3n) is 3.40. The van der Waals surface area contributed by atoms with E-state index in [4.69, 9.17) is 0 Å². The summed E-state index contributed by atoms with van der Waals surface area (Å²) in [5.74, 6) is 2.00. The maximum Gasteiger partial charge on any atom is 0.0164 e. The van der Waals surface area contributed by atoms with E-state index < -0.39 is 0 Å². The summed E-state index contributed by atoms with van der Waals surface area (Å²) in [5, 5.41) is 3.64. The molecule has 1 aromatic rings. The third-order valence-corrected chi connectivity index (χ3v) is 4.56. The summed E-state index contributed by atoms with van der Waals surface area (Å²) in [7, 11) is 0. The van der Waals surface area contributed by atoms with Crippen LogP contribution < -0.4 is 5.32 Å². The second-order valence-corrected chi connectivity index (χ2v) is 6.61. The lowest BCUT2D eigenvalue weighted by Crippen LogP contribution is -2.32. The van der Waals surface area contributed by atoms with Gasteiger partial charge in [-0.1, -0.05) is 51.3 Å². The molecule has 19 heavy (non-hydrogen) atoms. The van der Waals surface area contributed by atoms with Gasteiger partial charge in [-0.3, -0.25) is 0 Å². The molecular weight excluding hydrogens is 250 g/mol. The molecule has 1 rings (SSSR count). The van der Waals surface area contributed by atoms with E-state index in [-0.39, 0.29) is 0 Å². The minimum Gasteiger partial charge on any atom is -0.313 e. The molecule has 2 unspecified atom stereocenters. The SMILES string of the molecule is CCCC(C)CC(CSc1cccc(C)c1)NCC. The highest BCUT2D eigenvalue weighted by atomic mass is 32.2. The number of hydrogen-bond donors (Lipinski definition) is 1. The molecule has 1 nitrogen and oxygen atoms in total. The first-order valence-electron chi connectivity index (χ1n) is 7.58. The van der Waals surface area contributed by atoms with E-state index in [1.807, 2.05) is 11.8 Å². The van der Waals surface area contributed by atoms with Crippen molar-refractivity contribution in [3.8, 4) is 0 Å². The van der Waals surface area contributed by atoms with Gasteiger partial charge in [0.1, 0.15) is 0 Å². The monoisotopic (exact) mass is 279 g/mol. The number of thioether (sulfide) groups is 1. The Hall–Kier alpha value is -0.470. The second kappa shape index (κ2) is 9.44. The van der Waals surface area contributed by atoms with Crippen molar-refractivity contribution in [2.24, 2.45) is 5.92 Å². The van der Waals surface area contributed by atoms with Gasteiger partial charge in [-0.25, -0.2) is 0 Å². The minimum atomic E-state index is 0.636. The lowest BCUT2D eigenvalue weighted by atomic mass is 9.98. The summed E-state index contributed by atoms with van der Waals surface area (Å²) >= 11 is 1.98. The average molecular weight is 279 g/mol. The van der Waals surface area contributed by atoms with Gasteiger partial charge in [0.2, 0.25) is 0 Å². The van der Waals surface area contributed by atoms with Crippen molar-refractivity contribution in [3.05, 3.63) is 29.8 Å². The van der Waals surface area contributed by atoms with E-state index in [0.717, 1.165) is 12.5 Å². The van der Waals surface area contributed by atoms with Crippen LogP contribution in [0.4, 0.5) is 0 Å². The van der Waals surface area contributed by atoms with E-state index in [2.05, 4.69) is 57.3 Å². The molecule has 1 N–H and O–H groups in total. The lowest BCUT2D eigenvalue weighted by Gasteiger charge is -2.21. The van der Waals surface area contributed by atoms with E-state index in [1.54, 1.807) is 0 Å². The number of nitrogens with one attached hydrogen (secondary N) is 1. The van der Waals surface area contributed by atoms with Crippen LogP contribution in [-0.2, 0) is 0 Å². The number of hydrogen-bond acceptors (Lipinski definition) is 2. The summed E-state index contributed by atoms with van der Waals surface area (Å²) in [6.07, 6.45) is 3.93. The van der Waals surface area contributed by atoms with E-state index in [9.17, 15) is 0 Å². The summed E-state index contributed by atoms with van der Waals surface area (Å²) in [5.41, 5.74) is 1.35. The predicted molar refractivity (Wildman–Crippen MR) is 88.1 cm³/mol. The summed E-state index contributed by atoms with van der Waals surface area (Å²) in [4.78, 5) is 1.39. The Morgan fingerprint density at radius 3 is 2.68 bits per heavy atom. The van der Waals surface area contributed by atoms with Gasteiger partial charge < -0.3 is 5.32 Å². The Morgan fingerprint density at radius 2 is 2.05 bits per heavy atom. The molecule has 0 radical (unpaired) electrons. The lowest BCUT2D eigenvalue weighted by molar-refractivity contribution is 0.409. The fourth-order valence-corrected chi connectivity index (χ4v) is 3.59. The zero-order valence-corrected chi connectivity index (χ0v) is 13.7. The van der Waals surface area contributed by atoms with Crippen LogP contribution in [-0.4, -0.2) is 18.3 Å². The topological polar surface area (TPSA) is 12.0 Å². The fourth-order valence-electron chi connectivity index (χ4n) is 2.50. The molecule has 0 amide bonds. The molecule has 2 heteroatoms. The first kappa shape index (κ1) is 16.6. The smallest absolute Gasteiger partial charge is 0.0164 e. The molecule has 0 aliphatic carbocycles. The number of rotatable bonds is 9. The van der Waals surface area contributed by atoms with Crippen LogP contribution in [0.1, 0.15) is 45.6 Å². The Bertz CT molecular complexity index is 351. The highest BCUT2D eigenvalue weighted by molar-refractivity contribution is 7.99. The molecular formula is C17H29NS. The van der Waals surface area contributed by atoms with Crippen molar-refractivity contribution in [2.75, 3.05) is 12.3 Å². The van der Waals surface area contributed by atoms with Gasteiger partial charge in [0.25, 0.3) is 0 Å². The van der Waals surface area contributed by atoms with Crippen LogP contribution in [0.5, 0.6) is 0 Å². The zero-order valence-electron chi connectivity index (χ0n) is 12.9. The highest BCUT2D eigenvalue weighted by Crippen LogP contribution is 2.22.